The second-order valence-electron chi connectivity index (χ2n) is 2.30. The van der Waals surface area contributed by atoms with Gasteiger partial charge in [-0.05, 0) is 6.07 Å². The molecule has 2 aromatic rings. The Labute approximate surface area is 64.1 Å². The molecule has 0 radical (unpaired) electrons. The van der Waals surface area contributed by atoms with Crippen molar-refractivity contribution in [3.8, 4) is 0 Å². The van der Waals surface area contributed by atoms with Crippen LogP contribution in [0.25, 0.3) is 17.0 Å². The van der Waals surface area contributed by atoms with Crippen LogP contribution in [0, 0.1) is 0 Å². The zero-order valence-corrected chi connectivity index (χ0v) is 5.95. The Hall–Kier alpha value is -1.57. The standard InChI is InChI=1S/C9H7NO/c1-2-7-4-3-5-8-6-11-10-9(7)8/h2-6H,1H2. The van der Waals surface area contributed by atoms with Crippen LogP contribution in [0.1, 0.15) is 5.56 Å². The van der Waals surface area contributed by atoms with E-state index in [-0.39, 0.29) is 0 Å². The number of aromatic nitrogens is 1. The van der Waals surface area contributed by atoms with Crippen LogP contribution in [0.2, 0.25) is 0 Å². The Kier molecular flexibility index (Phi) is 1.25. The molecule has 1 aromatic carbocycles. The first-order valence-electron chi connectivity index (χ1n) is 3.37. The summed E-state index contributed by atoms with van der Waals surface area (Å²) in [4.78, 5) is 0. The lowest BCUT2D eigenvalue weighted by molar-refractivity contribution is 0.428. The summed E-state index contributed by atoms with van der Waals surface area (Å²) in [7, 11) is 0. The molecule has 0 spiro atoms. The smallest absolute Gasteiger partial charge is 0.131 e. The van der Waals surface area contributed by atoms with Crippen LogP contribution in [-0.2, 0) is 0 Å². The predicted octanol–water partition coefficient (Wildman–Crippen LogP) is 2.47. The van der Waals surface area contributed by atoms with Crippen molar-refractivity contribution < 1.29 is 4.52 Å². The third-order valence-corrected chi connectivity index (χ3v) is 1.64. The second-order valence-corrected chi connectivity index (χ2v) is 2.30. The zero-order valence-electron chi connectivity index (χ0n) is 5.95. The van der Waals surface area contributed by atoms with E-state index in [1.165, 1.54) is 0 Å². The molecule has 54 valence electrons. The van der Waals surface area contributed by atoms with E-state index < -0.39 is 0 Å². The Morgan fingerprint density at radius 1 is 1.45 bits per heavy atom. The maximum atomic E-state index is 4.81. The van der Waals surface area contributed by atoms with Gasteiger partial charge in [0.05, 0.1) is 0 Å². The van der Waals surface area contributed by atoms with Gasteiger partial charge in [-0.15, -0.1) is 0 Å². The number of hydrogen-bond acceptors (Lipinski definition) is 2. The summed E-state index contributed by atoms with van der Waals surface area (Å²) >= 11 is 0. The van der Waals surface area contributed by atoms with Crippen molar-refractivity contribution in [1.29, 1.82) is 0 Å². The highest BCUT2D eigenvalue weighted by Gasteiger charge is 1.99. The van der Waals surface area contributed by atoms with Crippen molar-refractivity contribution in [2.75, 3.05) is 0 Å². The number of benzene rings is 1. The summed E-state index contributed by atoms with van der Waals surface area (Å²) in [5, 5.41) is 4.86. The van der Waals surface area contributed by atoms with E-state index in [1.54, 1.807) is 12.3 Å². The van der Waals surface area contributed by atoms with Gasteiger partial charge < -0.3 is 4.52 Å². The Morgan fingerprint density at radius 2 is 2.36 bits per heavy atom. The largest absolute Gasteiger partial charge is 0.363 e. The molecule has 1 aromatic heterocycles. The topological polar surface area (TPSA) is 26.0 Å². The van der Waals surface area contributed by atoms with Crippen molar-refractivity contribution in [3.05, 3.63) is 36.6 Å². The normalized spacial score (nSPS) is 10.2. The molecule has 0 fully saturated rings. The van der Waals surface area contributed by atoms with E-state index in [0.29, 0.717) is 0 Å². The van der Waals surface area contributed by atoms with Gasteiger partial charge in [0.25, 0.3) is 0 Å². The average Bonchev–Trinajstić information content (AvgIpc) is 2.50. The van der Waals surface area contributed by atoms with E-state index >= 15 is 0 Å². The lowest BCUT2D eigenvalue weighted by Gasteiger charge is -1.90. The van der Waals surface area contributed by atoms with Crippen molar-refractivity contribution in [3.63, 3.8) is 0 Å². The van der Waals surface area contributed by atoms with E-state index in [4.69, 9.17) is 4.52 Å². The third kappa shape index (κ3) is 0.835. The van der Waals surface area contributed by atoms with Gasteiger partial charge in [0.1, 0.15) is 11.8 Å². The molecule has 1 heterocycles. The van der Waals surface area contributed by atoms with Crippen molar-refractivity contribution in [2.24, 2.45) is 0 Å². The molecule has 0 unspecified atom stereocenters. The van der Waals surface area contributed by atoms with Gasteiger partial charge in [0.15, 0.2) is 0 Å². The minimum Gasteiger partial charge on any atom is -0.363 e. The van der Waals surface area contributed by atoms with Gasteiger partial charge in [0, 0.05) is 10.9 Å². The average molecular weight is 145 g/mol. The van der Waals surface area contributed by atoms with E-state index in [1.807, 2.05) is 18.2 Å². The predicted molar refractivity (Wildman–Crippen MR) is 44.1 cm³/mol. The molecular weight excluding hydrogens is 138 g/mol. The molecule has 11 heavy (non-hydrogen) atoms. The SMILES string of the molecule is C=Cc1cccc2conc12. The summed E-state index contributed by atoms with van der Waals surface area (Å²) in [5.41, 5.74) is 1.89. The molecule has 0 atom stereocenters. The minimum atomic E-state index is 0.877. The molecule has 2 heteroatoms. The fourth-order valence-electron chi connectivity index (χ4n) is 1.08. The number of hydrogen-bond donors (Lipinski definition) is 0. The van der Waals surface area contributed by atoms with E-state index in [0.717, 1.165) is 16.5 Å². The van der Waals surface area contributed by atoms with Crippen LogP contribution in [0.4, 0.5) is 0 Å². The van der Waals surface area contributed by atoms with Crippen LogP contribution in [0.3, 0.4) is 0 Å². The molecule has 0 bridgehead atoms. The fourth-order valence-corrected chi connectivity index (χ4v) is 1.08. The maximum Gasteiger partial charge on any atom is 0.131 e. The Balaban J connectivity index is 2.88. The quantitative estimate of drug-likeness (QED) is 0.616. The Bertz CT molecular complexity index is 389. The molecule has 0 aliphatic carbocycles. The molecule has 2 nitrogen and oxygen atoms in total. The first kappa shape index (κ1) is 6.16. The highest BCUT2D eigenvalue weighted by atomic mass is 16.5. The van der Waals surface area contributed by atoms with Gasteiger partial charge >= 0.3 is 0 Å². The number of fused-ring (bicyclic) bond motifs is 1. The number of nitrogens with zero attached hydrogens (tertiary/aromatic N) is 1. The van der Waals surface area contributed by atoms with E-state index in [2.05, 4.69) is 11.7 Å². The summed E-state index contributed by atoms with van der Waals surface area (Å²) in [6.45, 7) is 3.68. The lowest BCUT2D eigenvalue weighted by atomic mass is 10.1. The first-order chi connectivity index (χ1) is 5.42. The van der Waals surface area contributed by atoms with Gasteiger partial charge in [-0.1, -0.05) is 29.9 Å². The zero-order chi connectivity index (χ0) is 7.68. The number of rotatable bonds is 1. The molecule has 0 aliphatic rings. The highest BCUT2D eigenvalue weighted by molar-refractivity contribution is 5.85. The first-order valence-corrected chi connectivity index (χ1v) is 3.37. The van der Waals surface area contributed by atoms with Crippen molar-refractivity contribution in [1.82, 2.24) is 5.16 Å². The highest BCUT2D eigenvalue weighted by Crippen LogP contribution is 2.16. The molecule has 0 amide bonds. The van der Waals surface area contributed by atoms with Crippen LogP contribution >= 0.6 is 0 Å². The van der Waals surface area contributed by atoms with E-state index in [9.17, 15) is 0 Å². The third-order valence-electron chi connectivity index (χ3n) is 1.64. The summed E-state index contributed by atoms with van der Waals surface area (Å²) in [6, 6.07) is 5.87. The molecule has 0 aliphatic heterocycles. The maximum absolute atomic E-state index is 4.81. The fraction of sp³-hybridized carbons (Fsp3) is 0. The summed E-state index contributed by atoms with van der Waals surface area (Å²) in [5.74, 6) is 0. The minimum absolute atomic E-state index is 0.877. The molecule has 0 saturated carbocycles. The van der Waals surface area contributed by atoms with Gasteiger partial charge in [-0.3, -0.25) is 0 Å². The van der Waals surface area contributed by atoms with Crippen LogP contribution < -0.4 is 0 Å². The van der Waals surface area contributed by atoms with Crippen LogP contribution in [0.15, 0.2) is 35.6 Å². The molecule has 0 N–H and O–H groups in total. The summed E-state index contributed by atoms with van der Waals surface area (Å²) < 4.78 is 4.81. The van der Waals surface area contributed by atoms with Gasteiger partial charge in [0.2, 0.25) is 0 Å². The van der Waals surface area contributed by atoms with Crippen LogP contribution in [-0.4, -0.2) is 5.16 Å². The van der Waals surface area contributed by atoms with Crippen molar-refractivity contribution in [2.45, 2.75) is 0 Å². The molecule has 2 rings (SSSR count). The van der Waals surface area contributed by atoms with Gasteiger partial charge in [-0.2, -0.15) is 0 Å². The van der Waals surface area contributed by atoms with Crippen molar-refractivity contribution >= 4 is 17.0 Å². The van der Waals surface area contributed by atoms with Gasteiger partial charge in [-0.25, -0.2) is 0 Å². The Morgan fingerprint density at radius 3 is 3.18 bits per heavy atom. The second kappa shape index (κ2) is 2.23. The molecule has 0 saturated heterocycles. The molecular formula is C9H7NO. The lowest BCUT2D eigenvalue weighted by Crippen LogP contribution is -1.73. The van der Waals surface area contributed by atoms with Crippen LogP contribution in [0.5, 0.6) is 0 Å². The monoisotopic (exact) mass is 145 g/mol. The summed E-state index contributed by atoms with van der Waals surface area (Å²) in [6.07, 6.45) is 3.40.